The number of carbonyl (C=O) groups is 1. The Labute approximate surface area is 101 Å². The number of fused-ring (bicyclic) bond motifs is 1. The molecule has 4 heteroatoms. The molecule has 3 rings (SSSR count). The average Bonchev–Trinajstić information content (AvgIpc) is 2.66. The van der Waals surface area contributed by atoms with Crippen LogP contribution >= 0.6 is 0 Å². The van der Waals surface area contributed by atoms with Gasteiger partial charge >= 0.3 is 0 Å². The van der Waals surface area contributed by atoms with E-state index in [0.29, 0.717) is 0 Å². The summed E-state index contributed by atoms with van der Waals surface area (Å²) in [5.74, 6) is -0.101. The summed E-state index contributed by atoms with van der Waals surface area (Å²) in [6, 6.07) is 5.59. The summed E-state index contributed by atoms with van der Waals surface area (Å²) in [6.45, 7) is 2.21. The van der Waals surface area contributed by atoms with E-state index in [-0.39, 0.29) is 5.91 Å². The first kappa shape index (κ1) is 10.6. The second-order valence-corrected chi connectivity index (χ2v) is 4.79. The van der Waals surface area contributed by atoms with Gasteiger partial charge in [0, 0.05) is 30.0 Å². The molecule has 2 aliphatic heterocycles. The van der Waals surface area contributed by atoms with E-state index in [9.17, 15) is 4.79 Å². The van der Waals surface area contributed by atoms with E-state index >= 15 is 0 Å². The maximum absolute atomic E-state index is 11.5. The third kappa shape index (κ3) is 1.78. The number of anilines is 2. The van der Waals surface area contributed by atoms with E-state index in [0.717, 1.165) is 24.3 Å². The van der Waals surface area contributed by atoms with Crippen molar-refractivity contribution in [3.63, 3.8) is 0 Å². The number of amides is 1. The van der Waals surface area contributed by atoms with Gasteiger partial charge in [-0.15, -0.1) is 0 Å². The zero-order chi connectivity index (χ0) is 11.8. The number of benzene rings is 1. The van der Waals surface area contributed by atoms with Crippen LogP contribution in [-0.4, -0.2) is 19.0 Å². The van der Waals surface area contributed by atoms with Gasteiger partial charge in [-0.3, -0.25) is 4.79 Å². The second-order valence-electron chi connectivity index (χ2n) is 4.79. The highest BCUT2D eigenvalue weighted by Gasteiger charge is 2.27. The molecule has 0 aromatic heterocycles. The largest absolute Gasteiger partial charge is 0.372 e. The Hall–Kier alpha value is -1.55. The summed E-state index contributed by atoms with van der Waals surface area (Å²) in [6.07, 6.45) is 3.82. The molecule has 3 N–H and O–H groups in total. The summed E-state index contributed by atoms with van der Waals surface area (Å²) >= 11 is 0. The van der Waals surface area contributed by atoms with Crippen molar-refractivity contribution in [2.45, 2.75) is 25.3 Å². The zero-order valence-corrected chi connectivity index (χ0v) is 9.78. The Morgan fingerprint density at radius 2 is 2.00 bits per heavy atom. The lowest BCUT2D eigenvalue weighted by atomic mass is 10.1. The molecule has 0 spiro atoms. The Morgan fingerprint density at radius 1 is 1.24 bits per heavy atom. The zero-order valence-electron chi connectivity index (χ0n) is 9.78. The molecular weight excluding hydrogens is 214 g/mol. The lowest BCUT2D eigenvalue weighted by molar-refractivity contribution is -0.116. The van der Waals surface area contributed by atoms with E-state index in [4.69, 9.17) is 5.73 Å². The summed E-state index contributed by atoms with van der Waals surface area (Å²) in [4.78, 5) is 13.8. The number of carbonyl (C=O) groups excluding carboxylic acids is 1. The lowest BCUT2D eigenvalue weighted by Gasteiger charge is -2.29. The monoisotopic (exact) mass is 231 g/mol. The van der Waals surface area contributed by atoms with Gasteiger partial charge in [-0.1, -0.05) is 0 Å². The van der Waals surface area contributed by atoms with Crippen LogP contribution in [0.1, 0.15) is 30.9 Å². The van der Waals surface area contributed by atoms with Crippen molar-refractivity contribution in [2.75, 3.05) is 23.3 Å². The van der Waals surface area contributed by atoms with Crippen LogP contribution in [0.2, 0.25) is 0 Å². The smallest absolute Gasteiger partial charge is 0.245 e. The van der Waals surface area contributed by atoms with Crippen LogP contribution in [0.4, 0.5) is 11.4 Å². The molecule has 1 fully saturated rings. The predicted molar refractivity (Wildman–Crippen MR) is 68.1 cm³/mol. The molecule has 1 amide bonds. The van der Waals surface area contributed by atoms with Gasteiger partial charge in [-0.05, 0) is 37.5 Å². The quantitative estimate of drug-likeness (QED) is 0.772. The van der Waals surface area contributed by atoms with Crippen LogP contribution in [0, 0.1) is 0 Å². The molecule has 4 nitrogen and oxygen atoms in total. The van der Waals surface area contributed by atoms with Crippen LogP contribution in [0.15, 0.2) is 18.2 Å². The highest BCUT2D eigenvalue weighted by atomic mass is 16.2. The molecule has 2 heterocycles. The predicted octanol–water partition coefficient (Wildman–Crippen LogP) is 1.63. The van der Waals surface area contributed by atoms with Crippen molar-refractivity contribution >= 4 is 17.3 Å². The van der Waals surface area contributed by atoms with Crippen molar-refractivity contribution in [2.24, 2.45) is 5.73 Å². The fourth-order valence-electron chi connectivity index (χ4n) is 2.62. The third-order valence-corrected chi connectivity index (χ3v) is 3.63. The Balaban J connectivity index is 1.91. The van der Waals surface area contributed by atoms with Gasteiger partial charge in [-0.25, -0.2) is 0 Å². The van der Waals surface area contributed by atoms with Crippen molar-refractivity contribution < 1.29 is 4.79 Å². The second kappa shape index (κ2) is 4.04. The lowest BCUT2D eigenvalue weighted by Crippen LogP contribution is -2.29. The maximum atomic E-state index is 11.5. The van der Waals surface area contributed by atoms with Crippen LogP contribution in [0.5, 0.6) is 0 Å². The Kier molecular flexibility index (Phi) is 2.52. The SMILES string of the molecule is NC1C(=O)Nc2ccc(N3CCCCC3)cc21. The van der Waals surface area contributed by atoms with E-state index in [1.54, 1.807) is 0 Å². The molecule has 0 saturated carbocycles. The minimum atomic E-state index is -0.505. The fraction of sp³-hybridized carbons (Fsp3) is 0.462. The Morgan fingerprint density at radius 3 is 2.76 bits per heavy atom. The first-order chi connectivity index (χ1) is 8.25. The van der Waals surface area contributed by atoms with Crippen LogP contribution in [0.25, 0.3) is 0 Å². The van der Waals surface area contributed by atoms with Gasteiger partial charge in [0.1, 0.15) is 6.04 Å². The van der Waals surface area contributed by atoms with Crippen LogP contribution in [-0.2, 0) is 4.79 Å². The van der Waals surface area contributed by atoms with E-state index in [2.05, 4.69) is 22.3 Å². The van der Waals surface area contributed by atoms with Gasteiger partial charge < -0.3 is 16.0 Å². The van der Waals surface area contributed by atoms with Gasteiger partial charge in [0.25, 0.3) is 0 Å². The number of nitrogens with zero attached hydrogens (tertiary/aromatic N) is 1. The van der Waals surface area contributed by atoms with Gasteiger partial charge in [-0.2, -0.15) is 0 Å². The summed E-state index contributed by atoms with van der Waals surface area (Å²) in [5, 5.41) is 2.79. The molecule has 0 aliphatic carbocycles. The minimum Gasteiger partial charge on any atom is -0.372 e. The molecule has 1 unspecified atom stereocenters. The number of nitrogens with one attached hydrogen (secondary N) is 1. The van der Waals surface area contributed by atoms with Gasteiger partial charge in [0.05, 0.1) is 0 Å². The molecule has 90 valence electrons. The molecule has 1 atom stereocenters. The van der Waals surface area contributed by atoms with Crippen molar-refractivity contribution in [1.82, 2.24) is 0 Å². The van der Waals surface area contributed by atoms with E-state index in [1.165, 1.54) is 24.9 Å². The number of hydrogen-bond donors (Lipinski definition) is 2. The minimum absolute atomic E-state index is 0.101. The first-order valence-corrected chi connectivity index (χ1v) is 6.21. The molecule has 17 heavy (non-hydrogen) atoms. The average molecular weight is 231 g/mol. The van der Waals surface area contributed by atoms with Crippen LogP contribution in [0.3, 0.4) is 0 Å². The fourth-order valence-corrected chi connectivity index (χ4v) is 2.62. The van der Waals surface area contributed by atoms with E-state index in [1.807, 2.05) is 6.07 Å². The number of hydrogen-bond acceptors (Lipinski definition) is 3. The highest BCUT2D eigenvalue weighted by Crippen LogP contribution is 2.33. The molecule has 1 saturated heterocycles. The molecule has 1 aromatic rings. The van der Waals surface area contributed by atoms with E-state index < -0.39 is 6.04 Å². The van der Waals surface area contributed by atoms with Gasteiger partial charge in [0.2, 0.25) is 5.91 Å². The van der Waals surface area contributed by atoms with Crippen molar-refractivity contribution in [1.29, 1.82) is 0 Å². The maximum Gasteiger partial charge on any atom is 0.245 e. The normalized spacial score (nSPS) is 23.5. The number of piperidine rings is 1. The Bertz CT molecular complexity index is 452. The third-order valence-electron chi connectivity index (χ3n) is 3.63. The summed E-state index contributed by atoms with van der Waals surface area (Å²) in [5.41, 5.74) is 8.84. The highest BCUT2D eigenvalue weighted by molar-refractivity contribution is 6.02. The molecule has 2 aliphatic rings. The van der Waals surface area contributed by atoms with Gasteiger partial charge in [0.15, 0.2) is 0 Å². The number of nitrogens with two attached hydrogens (primary N) is 1. The summed E-state index contributed by atoms with van der Waals surface area (Å²) in [7, 11) is 0. The molecule has 1 aromatic carbocycles. The molecular formula is C13H17N3O. The van der Waals surface area contributed by atoms with Crippen molar-refractivity contribution in [3.8, 4) is 0 Å². The first-order valence-electron chi connectivity index (χ1n) is 6.21. The molecule has 0 bridgehead atoms. The topological polar surface area (TPSA) is 58.4 Å². The molecule has 0 radical (unpaired) electrons. The summed E-state index contributed by atoms with van der Waals surface area (Å²) < 4.78 is 0. The number of rotatable bonds is 1. The van der Waals surface area contributed by atoms with Crippen LogP contribution < -0.4 is 16.0 Å². The van der Waals surface area contributed by atoms with Crippen molar-refractivity contribution in [3.05, 3.63) is 23.8 Å². The standard InChI is InChI=1S/C13H17N3O/c14-12-10-8-9(16-6-2-1-3-7-16)4-5-11(10)15-13(12)17/h4-5,8,12H,1-3,6-7,14H2,(H,15,17).